The molecule has 2 aliphatic heterocycles. The smallest absolute Gasteiger partial charge is 0.257 e. The molecule has 31 heavy (non-hydrogen) atoms. The molecule has 0 bridgehead atoms. The number of rotatable bonds is 3. The van der Waals surface area contributed by atoms with E-state index in [0.717, 1.165) is 58.3 Å². The van der Waals surface area contributed by atoms with Gasteiger partial charge in [0.1, 0.15) is 12.4 Å². The average molecular weight is 424 g/mol. The first-order valence-corrected chi connectivity index (χ1v) is 11.4. The van der Waals surface area contributed by atoms with Crippen LogP contribution >= 0.6 is 0 Å². The summed E-state index contributed by atoms with van der Waals surface area (Å²) in [5.41, 5.74) is 1.91. The monoisotopic (exact) mass is 423 g/mol. The lowest BCUT2D eigenvalue weighted by atomic mass is 9.93. The standard InChI is InChI=1S/C25H33N3O3/c1-30-24-10-6-16-28-22(24)8-4-5-15-27(19-20-11-13-26-14-12-20)17-18-31-23-9-3-2-7-21(23)25(28)29/h2-3,7,9,11-14,22,24H,4-6,8,10,15-19H2,1H3/t22-,24-/m0/s1. The Bertz CT molecular complexity index is 845. The zero-order valence-corrected chi connectivity index (χ0v) is 18.4. The summed E-state index contributed by atoms with van der Waals surface area (Å²) in [6, 6.07) is 11.9. The van der Waals surface area contributed by atoms with Crippen molar-refractivity contribution in [3.8, 4) is 5.75 Å². The van der Waals surface area contributed by atoms with Gasteiger partial charge >= 0.3 is 0 Å². The lowest BCUT2D eigenvalue weighted by Crippen LogP contribution is -2.51. The van der Waals surface area contributed by atoms with Crippen LogP contribution in [0.1, 0.15) is 48.0 Å². The number of nitrogens with zero attached hydrogens (tertiary/aromatic N) is 3. The molecule has 1 aromatic heterocycles. The minimum Gasteiger partial charge on any atom is -0.491 e. The van der Waals surface area contributed by atoms with E-state index in [0.29, 0.717) is 17.9 Å². The number of carbonyl (C=O) groups is 1. The fourth-order valence-corrected chi connectivity index (χ4v) is 4.80. The fraction of sp³-hybridized carbons (Fsp3) is 0.520. The minimum absolute atomic E-state index is 0.0650. The van der Waals surface area contributed by atoms with Gasteiger partial charge in [-0.3, -0.25) is 14.7 Å². The second-order valence-corrected chi connectivity index (χ2v) is 8.45. The van der Waals surface area contributed by atoms with E-state index in [1.807, 2.05) is 41.6 Å². The van der Waals surface area contributed by atoms with Gasteiger partial charge in [-0.05, 0) is 62.1 Å². The van der Waals surface area contributed by atoms with E-state index in [1.54, 1.807) is 7.11 Å². The predicted octanol–water partition coefficient (Wildman–Crippen LogP) is 3.77. The molecule has 1 amide bonds. The lowest BCUT2D eigenvalue weighted by Gasteiger charge is -2.41. The molecule has 0 unspecified atom stereocenters. The van der Waals surface area contributed by atoms with E-state index in [2.05, 4.69) is 22.0 Å². The third kappa shape index (κ3) is 5.43. The van der Waals surface area contributed by atoms with Crippen LogP contribution in [0, 0.1) is 0 Å². The summed E-state index contributed by atoms with van der Waals surface area (Å²) in [5, 5.41) is 0. The summed E-state index contributed by atoms with van der Waals surface area (Å²) in [7, 11) is 1.77. The molecule has 2 aromatic rings. The molecule has 1 aromatic carbocycles. The number of methoxy groups -OCH3 is 1. The Balaban J connectivity index is 1.56. The lowest BCUT2D eigenvalue weighted by molar-refractivity contribution is -0.0155. The zero-order chi connectivity index (χ0) is 21.5. The summed E-state index contributed by atoms with van der Waals surface area (Å²) >= 11 is 0. The minimum atomic E-state index is 0.0650. The van der Waals surface area contributed by atoms with E-state index < -0.39 is 0 Å². The normalized spacial score (nSPS) is 23.5. The van der Waals surface area contributed by atoms with Crippen LogP contribution in [0.3, 0.4) is 0 Å². The molecule has 3 heterocycles. The number of ether oxygens (including phenoxy) is 2. The van der Waals surface area contributed by atoms with Crippen molar-refractivity contribution in [1.29, 1.82) is 0 Å². The molecule has 0 aliphatic carbocycles. The van der Waals surface area contributed by atoms with Gasteiger partial charge in [0.2, 0.25) is 0 Å². The number of piperidine rings is 1. The maximum Gasteiger partial charge on any atom is 0.257 e. The molecule has 2 atom stereocenters. The van der Waals surface area contributed by atoms with Crippen LogP contribution in [-0.4, -0.2) is 66.2 Å². The molecular weight excluding hydrogens is 390 g/mol. The highest BCUT2D eigenvalue weighted by atomic mass is 16.5. The third-order valence-corrected chi connectivity index (χ3v) is 6.44. The van der Waals surface area contributed by atoms with Crippen LogP contribution in [0.5, 0.6) is 5.75 Å². The molecule has 0 spiro atoms. The SMILES string of the molecule is CO[C@H]1CCCN2C(=O)c3ccccc3OCCN(Cc3ccncc3)CCCC[C@@H]12. The fourth-order valence-electron chi connectivity index (χ4n) is 4.80. The Morgan fingerprint density at radius 1 is 1.03 bits per heavy atom. The number of fused-ring (bicyclic) bond motifs is 2. The summed E-state index contributed by atoms with van der Waals surface area (Å²) in [6.07, 6.45) is 8.91. The molecule has 6 heteroatoms. The Morgan fingerprint density at radius 2 is 1.87 bits per heavy atom. The van der Waals surface area contributed by atoms with Crippen LogP contribution in [0.15, 0.2) is 48.8 Å². The highest BCUT2D eigenvalue weighted by molar-refractivity contribution is 5.97. The molecule has 1 saturated heterocycles. The zero-order valence-electron chi connectivity index (χ0n) is 18.4. The van der Waals surface area contributed by atoms with E-state index in [1.165, 1.54) is 5.56 Å². The van der Waals surface area contributed by atoms with Crippen molar-refractivity contribution < 1.29 is 14.3 Å². The maximum atomic E-state index is 13.5. The van der Waals surface area contributed by atoms with Crippen LogP contribution in [0.2, 0.25) is 0 Å². The summed E-state index contributed by atoms with van der Waals surface area (Å²) in [6.45, 7) is 4.04. The quantitative estimate of drug-likeness (QED) is 0.752. The summed E-state index contributed by atoms with van der Waals surface area (Å²) in [4.78, 5) is 22.1. The largest absolute Gasteiger partial charge is 0.491 e. The van der Waals surface area contributed by atoms with Crippen molar-refractivity contribution >= 4 is 5.91 Å². The Hall–Kier alpha value is -2.44. The van der Waals surface area contributed by atoms with Crippen molar-refractivity contribution in [1.82, 2.24) is 14.8 Å². The van der Waals surface area contributed by atoms with Crippen LogP contribution < -0.4 is 4.74 Å². The van der Waals surface area contributed by atoms with Crippen molar-refractivity contribution in [3.05, 3.63) is 59.9 Å². The van der Waals surface area contributed by atoms with E-state index in [-0.39, 0.29) is 18.1 Å². The van der Waals surface area contributed by atoms with Gasteiger partial charge in [0.25, 0.3) is 5.91 Å². The first kappa shape index (κ1) is 21.8. The summed E-state index contributed by atoms with van der Waals surface area (Å²) in [5.74, 6) is 0.740. The van der Waals surface area contributed by atoms with Gasteiger partial charge in [-0.15, -0.1) is 0 Å². The van der Waals surface area contributed by atoms with E-state index in [9.17, 15) is 4.79 Å². The highest BCUT2D eigenvalue weighted by Crippen LogP contribution is 2.29. The maximum absolute atomic E-state index is 13.5. The Labute approximate surface area is 185 Å². The Morgan fingerprint density at radius 3 is 2.71 bits per heavy atom. The molecular formula is C25H33N3O3. The molecule has 1 fully saturated rings. The van der Waals surface area contributed by atoms with Crippen LogP contribution in [0.4, 0.5) is 0 Å². The number of aromatic nitrogens is 1. The predicted molar refractivity (Wildman–Crippen MR) is 120 cm³/mol. The van der Waals surface area contributed by atoms with Crippen molar-refractivity contribution in [2.24, 2.45) is 0 Å². The topological polar surface area (TPSA) is 54.9 Å². The second kappa shape index (κ2) is 10.7. The van der Waals surface area contributed by atoms with Gasteiger partial charge < -0.3 is 14.4 Å². The molecule has 6 nitrogen and oxygen atoms in total. The number of hydrogen-bond donors (Lipinski definition) is 0. The molecule has 4 rings (SSSR count). The molecule has 166 valence electrons. The van der Waals surface area contributed by atoms with Gasteiger partial charge in [0.05, 0.1) is 17.7 Å². The number of carbonyl (C=O) groups excluding carboxylic acids is 1. The van der Waals surface area contributed by atoms with Crippen molar-refractivity contribution in [2.45, 2.75) is 50.8 Å². The summed E-state index contributed by atoms with van der Waals surface area (Å²) < 4.78 is 11.9. The second-order valence-electron chi connectivity index (χ2n) is 8.45. The first-order chi connectivity index (χ1) is 15.3. The number of amides is 1. The number of pyridine rings is 1. The van der Waals surface area contributed by atoms with Crippen LogP contribution in [0.25, 0.3) is 0 Å². The van der Waals surface area contributed by atoms with Crippen molar-refractivity contribution in [3.63, 3.8) is 0 Å². The molecule has 0 saturated carbocycles. The average Bonchev–Trinajstić information content (AvgIpc) is 2.82. The Kier molecular flexibility index (Phi) is 7.54. The molecule has 0 radical (unpaired) electrons. The van der Waals surface area contributed by atoms with Gasteiger partial charge in [-0.25, -0.2) is 0 Å². The van der Waals surface area contributed by atoms with Gasteiger partial charge in [0, 0.05) is 39.1 Å². The van der Waals surface area contributed by atoms with Gasteiger partial charge in [-0.2, -0.15) is 0 Å². The number of hydrogen-bond acceptors (Lipinski definition) is 5. The van der Waals surface area contributed by atoms with E-state index >= 15 is 0 Å². The third-order valence-electron chi connectivity index (χ3n) is 6.44. The highest BCUT2D eigenvalue weighted by Gasteiger charge is 2.35. The van der Waals surface area contributed by atoms with Crippen LogP contribution in [-0.2, 0) is 11.3 Å². The number of para-hydroxylation sites is 1. The first-order valence-electron chi connectivity index (χ1n) is 11.4. The molecule has 0 N–H and O–H groups in total. The van der Waals surface area contributed by atoms with E-state index in [4.69, 9.17) is 9.47 Å². The molecule has 2 aliphatic rings. The van der Waals surface area contributed by atoms with Gasteiger partial charge in [0.15, 0.2) is 0 Å². The van der Waals surface area contributed by atoms with Crippen molar-refractivity contribution in [2.75, 3.05) is 33.4 Å². The number of benzene rings is 1. The van der Waals surface area contributed by atoms with Gasteiger partial charge in [-0.1, -0.05) is 18.6 Å².